The first-order valence-electron chi connectivity index (χ1n) is 7.87. The second-order valence-corrected chi connectivity index (χ2v) is 6.52. The van der Waals surface area contributed by atoms with Crippen molar-refractivity contribution in [2.24, 2.45) is 0 Å². The summed E-state index contributed by atoms with van der Waals surface area (Å²) in [5.41, 5.74) is 4.10. The number of benzene rings is 1. The van der Waals surface area contributed by atoms with Crippen molar-refractivity contribution in [2.75, 3.05) is 6.54 Å². The van der Waals surface area contributed by atoms with Crippen LogP contribution in [0.4, 0.5) is 0 Å². The quantitative estimate of drug-likeness (QED) is 0.850. The van der Waals surface area contributed by atoms with Gasteiger partial charge < -0.3 is 9.73 Å². The van der Waals surface area contributed by atoms with Gasteiger partial charge in [0.1, 0.15) is 5.76 Å². The molecule has 1 heterocycles. The van der Waals surface area contributed by atoms with Gasteiger partial charge in [0.25, 0.3) is 0 Å². The van der Waals surface area contributed by atoms with Gasteiger partial charge in [-0.05, 0) is 29.2 Å². The summed E-state index contributed by atoms with van der Waals surface area (Å²) in [6.45, 7) is 11.9. The smallest absolute Gasteiger partial charge is 0.108 e. The maximum atomic E-state index is 5.60. The lowest BCUT2D eigenvalue weighted by atomic mass is 9.85. The molecule has 0 spiro atoms. The zero-order valence-corrected chi connectivity index (χ0v) is 13.9. The second kappa shape index (κ2) is 6.48. The fraction of sp³-hybridized carbons (Fsp3) is 0.474. The van der Waals surface area contributed by atoms with Gasteiger partial charge in [0.05, 0.1) is 12.3 Å². The normalized spacial score (nSPS) is 13.4. The van der Waals surface area contributed by atoms with Crippen LogP contribution in [0.5, 0.6) is 0 Å². The Labute approximate surface area is 128 Å². The average molecular weight is 285 g/mol. The van der Waals surface area contributed by atoms with Crippen molar-refractivity contribution in [3.05, 3.63) is 59.0 Å². The molecule has 0 bridgehead atoms. The van der Waals surface area contributed by atoms with E-state index in [0.29, 0.717) is 0 Å². The maximum absolute atomic E-state index is 5.60. The van der Waals surface area contributed by atoms with Crippen LogP contribution >= 0.6 is 0 Å². The Bertz CT molecular complexity index is 560. The summed E-state index contributed by atoms with van der Waals surface area (Å²) in [5, 5.41) is 3.57. The van der Waals surface area contributed by atoms with E-state index in [-0.39, 0.29) is 11.5 Å². The number of furan rings is 1. The van der Waals surface area contributed by atoms with Crippen LogP contribution in [0.3, 0.4) is 0 Å². The van der Waals surface area contributed by atoms with Crippen molar-refractivity contribution >= 4 is 0 Å². The summed E-state index contributed by atoms with van der Waals surface area (Å²) < 4.78 is 5.60. The summed E-state index contributed by atoms with van der Waals surface area (Å²) in [4.78, 5) is 0. The summed E-state index contributed by atoms with van der Waals surface area (Å²) in [5.74, 6) is 1.07. The molecule has 0 aliphatic heterocycles. The highest BCUT2D eigenvalue weighted by atomic mass is 16.3. The zero-order valence-electron chi connectivity index (χ0n) is 13.9. The number of rotatable bonds is 5. The number of hydrogen-bond acceptors (Lipinski definition) is 2. The van der Waals surface area contributed by atoms with Crippen molar-refractivity contribution in [3.8, 4) is 0 Å². The fourth-order valence-electron chi connectivity index (χ4n) is 2.68. The van der Waals surface area contributed by atoms with Gasteiger partial charge >= 0.3 is 0 Å². The van der Waals surface area contributed by atoms with Crippen molar-refractivity contribution in [1.82, 2.24) is 5.32 Å². The molecular formula is C19H27NO. The number of aryl methyl sites for hydroxylation is 1. The van der Waals surface area contributed by atoms with Gasteiger partial charge in [0.2, 0.25) is 0 Å². The summed E-state index contributed by atoms with van der Waals surface area (Å²) >= 11 is 0. The highest BCUT2D eigenvalue weighted by molar-refractivity contribution is 5.36. The number of nitrogens with one attached hydrogen (secondary N) is 1. The Hall–Kier alpha value is -1.54. The van der Waals surface area contributed by atoms with Crippen molar-refractivity contribution in [3.63, 3.8) is 0 Å². The van der Waals surface area contributed by atoms with E-state index in [1.807, 2.05) is 0 Å². The predicted molar refractivity (Wildman–Crippen MR) is 88.7 cm³/mol. The molecule has 2 nitrogen and oxygen atoms in total. The largest absolute Gasteiger partial charge is 0.469 e. The van der Waals surface area contributed by atoms with Gasteiger partial charge in [-0.3, -0.25) is 0 Å². The Morgan fingerprint density at radius 3 is 2.24 bits per heavy atom. The van der Waals surface area contributed by atoms with Gasteiger partial charge in [-0.15, -0.1) is 0 Å². The molecule has 1 atom stereocenters. The van der Waals surface area contributed by atoms with Gasteiger partial charge in [-0.2, -0.15) is 0 Å². The standard InChI is InChI=1S/C19H27NO/c1-6-17-16(12-13-21-17)18(20-7-2)14-8-10-15(11-9-14)19(3,4)5/h8-13,18,20H,6-7H2,1-5H3. The van der Waals surface area contributed by atoms with E-state index in [9.17, 15) is 0 Å². The summed E-state index contributed by atoms with van der Waals surface area (Å²) in [7, 11) is 0. The van der Waals surface area contributed by atoms with Crippen LogP contribution in [0.15, 0.2) is 41.0 Å². The molecule has 21 heavy (non-hydrogen) atoms. The average Bonchev–Trinajstić information content (AvgIpc) is 2.92. The van der Waals surface area contributed by atoms with Crippen LogP contribution in [0, 0.1) is 0 Å². The lowest BCUT2D eigenvalue weighted by molar-refractivity contribution is 0.502. The molecule has 2 heteroatoms. The maximum Gasteiger partial charge on any atom is 0.108 e. The molecule has 2 aromatic rings. The lowest BCUT2D eigenvalue weighted by Crippen LogP contribution is -2.22. The minimum atomic E-state index is 0.191. The second-order valence-electron chi connectivity index (χ2n) is 6.52. The molecule has 0 amide bonds. The Kier molecular flexibility index (Phi) is 4.89. The summed E-state index contributed by atoms with van der Waals surface area (Å²) in [6, 6.07) is 11.2. The molecule has 0 aliphatic rings. The summed E-state index contributed by atoms with van der Waals surface area (Å²) in [6.07, 6.45) is 2.71. The third-order valence-corrected chi connectivity index (χ3v) is 3.93. The molecule has 1 N–H and O–H groups in total. The first-order chi connectivity index (χ1) is 9.97. The van der Waals surface area contributed by atoms with Crippen LogP contribution in [0.25, 0.3) is 0 Å². The van der Waals surface area contributed by atoms with E-state index in [1.54, 1.807) is 6.26 Å². The van der Waals surface area contributed by atoms with E-state index in [4.69, 9.17) is 4.42 Å². The van der Waals surface area contributed by atoms with Crippen molar-refractivity contribution in [1.29, 1.82) is 0 Å². The molecule has 114 valence electrons. The monoisotopic (exact) mass is 285 g/mol. The van der Waals surface area contributed by atoms with E-state index in [1.165, 1.54) is 16.7 Å². The fourth-order valence-corrected chi connectivity index (χ4v) is 2.68. The number of hydrogen-bond donors (Lipinski definition) is 1. The van der Waals surface area contributed by atoms with Crippen LogP contribution < -0.4 is 5.32 Å². The minimum absolute atomic E-state index is 0.191. The zero-order chi connectivity index (χ0) is 15.5. The molecule has 0 radical (unpaired) electrons. The van der Waals surface area contributed by atoms with Crippen LogP contribution in [0.2, 0.25) is 0 Å². The van der Waals surface area contributed by atoms with Gasteiger partial charge in [-0.1, -0.05) is 58.9 Å². The predicted octanol–water partition coefficient (Wildman–Crippen LogP) is 4.84. The molecular weight excluding hydrogens is 258 g/mol. The first-order valence-corrected chi connectivity index (χ1v) is 7.87. The van der Waals surface area contributed by atoms with Gasteiger partial charge in [0.15, 0.2) is 0 Å². The molecule has 0 aliphatic carbocycles. The molecule has 1 aromatic heterocycles. The van der Waals surface area contributed by atoms with Crippen molar-refractivity contribution in [2.45, 2.75) is 52.5 Å². The molecule has 0 fully saturated rings. The highest BCUT2D eigenvalue weighted by Crippen LogP contribution is 2.29. The van der Waals surface area contributed by atoms with Crippen LogP contribution in [0.1, 0.15) is 63.1 Å². The first kappa shape index (κ1) is 15.8. The minimum Gasteiger partial charge on any atom is -0.469 e. The van der Waals surface area contributed by atoms with E-state index in [2.05, 4.69) is 70.3 Å². The van der Waals surface area contributed by atoms with Gasteiger partial charge in [-0.25, -0.2) is 0 Å². The lowest BCUT2D eigenvalue weighted by Gasteiger charge is -2.22. The van der Waals surface area contributed by atoms with E-state index in [0.717, 1.165) is 18.7 Å². The van der Waals surface area contributed by atoms with Crippen molar-refractivity contribution < 1.29 is 4.42 Å². The molecule has 1 unspecified atom stereocenters. The van der Waals surface area contributed by atoms with E-state index < -0.39 is 0 Å². The Balaban J connectivity index is 2.35. The Morgan fingerprint density at radius 1 is 1.05 bits per heavy atom. The SMILES string of the molecule is CCNC(c1ccc(C(C)(C)C)cc1)c1ccoc1CC. The highest BCUT2D eigenvalue weighted by Gasteiger charge is 2.19. The third-order valence-electron chi connectivity index (χ3n) is 3.93. The molecule has 0 saturated carbocycles. The van der Waals surface area contributed by atoms with Crippen LogP contribution in [-0.2, 0) is 11.8 Å². The molecule has 0 saturated heterocycles. The van der Waals surface area contributed by atoms with Gasteiger partial charge in [0, 0.05) is 12.0 Å². The Morgan fingerprint density at radius 2 is 1.71 bits per heavy atom. The van der Waals surface area contributed by atoms with Crippen LogP contribution in [-0.4, -0.2) is 6.54 Å². The third kappa shape index (κ3) is 3.56. The topological polar surface area (TPSA) is 25.2 Å². The molecule has 1 aromatic carbocycles. The van der Waals surface area contributed by atoms with E-state index >= 15 is 0 Å². The molecule has 2 rings (SSSR count).